The normalized spacial score (nSPS) is 22.0. The van der Waals surface area contributed by atoms with E-state index in [2.05, 4.69) is 37.2 Å². The van der Waals surface area contributed by atoms with Crippen molar-refractivity contribution in [1.82, 2.24) is 4.90 Å². The van der Waals surface area contributed by atoms with Gasteiger partial charge in [0, 0.05) is 15.5 Å². The predicted octanol–water partition coefficient (Wildman–Crippen LogP) is 4.07. The quantitative estimate of drug-likeness (QED) is 0.758. The Balaban J connectivity index is 2.22. The number of carbonyl (C=O) groups excluding carboxylic acids is 1. The number of hydrogen-bond acceptors (Lipinski definition) is 2. The Bertz CT molecular complexity index is 579. The number of carbonyl (C=O) groups is 2. The van der Waals surface area contributed by atoms with E-state index in [1.54, 1.807) is 13.0 Å². The van der Waals surface area contributed by atoms with Gasteiger partial charge in [-0.2, -0.15) is 0 Å². The summed E-state index contributed by atoms with van der Waals surface area (Å²) in [5, 5.41) is 12.2. The third-order valence-electron chi connectivity index (χ3n) is 3.77. The monoisotopic (exact) mass is 418 g/mol. The molecule has 0 bridgehead atoms. The lowest BCUT2D eigenvalue weighted by Gasteiger charge is -2.41. The Morgan fingerprint density at radius 2 is 2.05 bits per heavy atom. The fourth-order valence-corrected chi connectivity index (χ4v) is 3.15. The molecule has 1 aromatic rings. The predicted molar refractivity (Wildman–Crippen MR) is 87.5 cm³/mol. The fourth-order valence-electron chi connectivity index (χ4n) is 2.44. The van der Waals surface area contributed by atoms with E-state index in [1.807, 2.05) is 12.1 Å². The number of carboxylic acid groups (broad SMARTS) is 1. The molecule has 21 heavy (non-hydrogen) atoms. The van der Waals surface area contributed by atoms with Gasteiger partial charge in [0.15, 0.2) is 0 Å². The van der Waals surface area contributed by atoms with Gasteiger partial charge in [-0.15, -0.1) is 0 Å². The summed E-state index contributed by atoms with van der Waals surface area (Å²) >= 11 is 6.72. The maximum absolute atomic E-state index is 12.5. The summed E-state index contributed by atoms with van der Waals surface area (Å²) in [6.07, 6.45) is 2.10. The first-order chi connectivity index (χ1) is 9.84. The summed E-state index contributed by atoms with van der Waals surface area (Å²) in [6.45, 7) is 2.05. The number of carboxylic acids is 1. The third kappa shape index (κ3) is 3.40. The number of anilines is 1. The molecule has 2 N–H and O–H groups in total. The van der Waals surface area contributed by atoms with Gasteiger partial charge in [0.25, 0.3) is 0 Å². The van der Waals surface area contributed by atoms with Crippen molar-refractivity contribution in [2.24, 2.45) is 0 Å². The van der Waals surface area contributed by atoms with Gasteiger partial charge in [0.1, 0.15) is 5.54 Å². The lowest BCUT2D eigenvalue weighted by atomic mass is 9.89. The summed E-state index contributed by atoms with van der Waals surface area (Å²) < 4.78 is 1.58. The van der Waals surface area contributed by atoms with Gasteiger partial charge in [0.05, 0.1) is 5.69 Å². The molecule has 0 aromatic heterocycles. The minimum atomic E-state index is -1.15. The lowest BCUT2D eigenvalue weighted by molar-refractivity contribution is -0.150. The average Bonchev–Trinajstić information content (AvgIpc) is 2.43. The van der Waals surface area contributed by atoms with Crippen LogP contribution in [0.2, 0.25) is 0 Å². The Hall–Kier alpha value is -1.08. The van der Waals surface area contributed by atoms with E-state index in [0.717, 1.165) is 21.8 Å². The molecule has 0 spiro atoms. The molecule has 1 heterocycles. The standard InChI is InChI=1S/C14H16Br2N2O3/c1-14(12(19)20)6-2-3-7-18(14)13(21)17-11-8-9(15)4-5-10(11)16/h4-5,8H,2-3,6-7H2,1H3,(H,17,21)(H,19,20). The van der Waals surface area contributed by atoms with Crippen LogP contribution >= 0.6 is 31.9 Å². The molecule has 1 saturated heterocycles. The lowest BCUT2D eigenvalue weighted by Crippen LogP contribution is -2.58. The molecule has 0 aliphatic carbocycles. The maximum Gasteiger partial charge on any atom is 0.329 e. The fraction of sp³-hybridized carbons (Fsp3) is 0.429. The van der Waals surface area contributed by atoms with E-state index >= 15 is 0 Å². The molecule has 7 heteroatoms. The highest BCUT2D eigenvalue weighted by atomic mass is 79.9. The molecule has 5 nitrogen and oxygen atoms in total. The highest BCUT2D eigenvalue weighted by molar-refractivity contribution is 9.11. The molecular weight excluding hydrogens is 404 g/mol. The van der Waals surface area contributed by atoms with Crippen LogP contribution in [0.25, 0.3) is 0 Å². The molecule has 1 aliphatic rings. The second-order valence-corrected chi connectivity index (χ2v) is 7.01. The van der Waals surface area contributed by atoms with Crippen molar-refractivity contribution in [3.63, 3.8) is 0 Å². The number of halogens is 2. The van der Waals surface area contributed by atoms with E-state index in [0.29, 0.717) is 18.7 Å². The van der Waals surface area contributed by atoms with Gasteiger partial charge in [0.2, 0.25) is 0 Å². The van der Waals surface area contributed by atoms with Gasteiger partial charge >= 0.3 is 12.0 Å². The molecule has 0 saturated carbocycles. The van der Waals surface area contributed by atoms with Crippen molar-refractivity contribution in [3.05, 3.63) is 27.1 Å². The van der Waals surface area contributed by atoms with Crippen LogP contribution in [0.15, 0.2) is 27.1 Å². The first-order valence-corrected chi connectivity index (χ1v) is 8.20. The number of likely N-dealkylation sites (tertiary alicyclic amines) is 1. The number of nitrogens with one attached hydrogen (secondary N) is 1. The molecule has 1 atom stereocenters. The number of amides is 2. The highest BCUT2D eigenvalue weighted by Gasteiger charge is 2.44. The van der Waals surface area contributed by atoms with E-state index < -0.39 is 17.5 Å². The summed E-state index contributed by atoms with van der Waals surface area (Å²) in [7, 11) is 0. The van der Waals surface area contributed by atoms with Crippen molar-refractivity contribution in [1.29, 1.82) is 0 Å². The third-order valence-corrected chi connectivity index (χ3v) is 4.95. The number of nitrogens with zero attached hydrogens (tertiary/aromatic N) is 1. The molecule has 1 aromatic carbocycles. The largest absolute Gasteiger partial charge is 0.480 e. The summed E-state index contributed by atoms with van der Waals surface area (Å²) in [5.41, 5.74) is -0.548. The van der Waals surface area contributed by atoms with Gasteiger partial charge in [-0.3, -0.25) is 0 Å². The number of urea groups is 1. The first kappa shape index (κ1) is 16.3. The Morgan fingerprint density at radius 1 is 1.33 bits per heavy atom. The molecule has 114 valence electrons. The van der Waals surface area contributed by atoms with Crippen LogP contribution in [0, 0.1) is 0 Å². The van der Waals surface area contributed by atoms with Crippen molar-refractivity contribution in [3.8, 4) is 0 Å². The molecule has 1 unspecified atom stereocenters. The van der Waals surface area contributed by atoms with Crippen molar-refractivity contribution < 1.29 is 14.7 Å². The second-order valence-electron chi connectivity index (χ2n) is 5.24. The van der Waals surface area contributed by atoms with Crippen molar-refractivity contribution in [2.75, 3.05) is 11.9 Å². The summed E-state index contributed by atoms with van der Waals surface area (Å²) in [4.78, 5) is 25.4. The van der Waals surface area contributed by atoms with Crippen LogP contribution in [-0.2, 0) is 4.79 Å². The minimum absolute atomic E-state index is 0.390. The molecule has 1 fully saturated rings. The number of rotatable bonds is 2. The molecule has 2 amide bonds. The molecule has 1 aliphatic heterocycles. The molecule has 0 radical (unpaired) electrons. The van der Waals surface area contributed by atoms with E-state index in [4.69, 9.17) is 0 Å². The summed E-state index contributed by atoms with van der Waals surface area (Å²) in [6, 6.07) is 5.04. The number of aliphatic carboxylic acids is 1. The zero-order chi connectivity index (χ0) is 15.6. The first-order valence-electron chi connectivity index (χ1n) is 6.61. The highest BCUT2D eigenvalue weighted by Crippen LogP contribution is 2.31. The maximum atomic E-state index is 12.5. The number of benzene rings is 1. The SMILES string of the molecule is CC1(C(=O)O)CCCCN1C(=O)Nc1cc(Br)ccc1Br. The molecule has 2 rings (SSSR count). The zero-order valence-electron chi connectivity index (χ0n) is 11.5. The van der Waals surface area contributed by atoms with Crippen LogP contribution in [0.4, 0.5) is 10.5 Å². The van der Waals surface area contributed by atoms with Crippen molar-refractivity contribution in [2.45, 2.75) is 31.7 Å². The van der Waals surface area contributed by atoms with Crippen LogP contribution in [0.5, 0.6) is 0 Å². The summed E-state index contributed by atoms with van der Waals surface area (Å²) in [5.74, 6) is -0.967. The topological polar surface area (TPSA) is 69.6 Å². The minimum Gasteiger partial charge on any atom is -0.480 e. The number of piperidine rings is 1. The van der Waals surface area contributed by atoms with Crippen molar-refractivity contribution >= 4 is 49.5 Å². The van der Waals surface area contributed by atoms with Crippen LogP contribution in [0.1, 0.15) is 26.2 Å². The van der Waals surface area contributed by atoms with Gasteiger partial charge in [-0.05, 0) is 60.3 Å². The molecular formula is C14H16Br2N2O3. The second kappa shape index (κ2) is 6.36. The van der Waals surface area contributed by atoms with Crippen LogP contribution in [-0.4, -0.2) is 34.1 Å². The van der Waals surface area contributed by atoms with Crippen LogP contribution < -0.4 is 5.32 Å². The smallest absolute Gasteiger partial charge is 0.329 e. The Kier molecular flexibility index (Phi) is 4.93. The van der Waals surface area contributed by atoms with Gasteiger partial charge < -0.3 is 15.3 Å². The van der Waals surface area contributed by atoms with Gasteiger partial charge in [-0.25, -0.2) is 9.59 Å². The zero-order valence-corrected chi connectivity index (χ0v) is 14.7. The van der Waals surface area contributed by atoms with Gasteiger partial charge in [-0.1, -0.05) is 15.9 Å². The van der Waals surface area contributed by atoms with Crippen LogP contribution in [0.3, 0.4) is 0 Å². The van der Waals surface area contributed by atoms with E-state index in [-0.39, 0.29) is 0 Å². The Labute approximate surface area is 140 Å². The van der Waals surface area contributed by atoms with E-state index in [9.17, 15) is 14.7 Å². The Morgan fingerprint density at radius 3 is 2.71 bits per heavy atom. The van der Waals surface area contributed by atoms with E-state index in [1.165, 1.54) is 4.90 Å². The number of hydrogen-bond donors (Lipinski definition) is 2. The average molecular weight is 420 g/mol.